The highest BCUT2D eigenvalue weighted by Gasteiger charge is 2.16. The van der Waals surface area contributed by atoms with Crippen molar-refractivity contribution in [2.45, 2.75) is 44.9 Å². The van der Waals surface area contributed by atoms with Crippen LogP contribution >= 0.6 is 0 Å². The van der Waals surface area contributed by atoms with E-state index in [1.165, 1.54) is 43.4 Å². The Labute approximate surface area is 128 Å². The molecule has 4 heteroatoms. The summed E-state index contributed by atoms with van der Waals surface area (Å²) in [6.07, 6.45) is 12.1. The van der Waals surface area contributed by atoms with Crippen molar-refractivity contribution in [3.05, 3.63) is 52.2 Å². The van der Waals surface area contributed by atoms with Crippen LogP contribution in [0.5, 0.6) is 0 Å². The first kappa shape index (κ1) is 13.4. The molecule has 4 rings (SSSR count). The Morgan fingerprint density at radius 3 is 2.73 bits per heavy atom. The van der Waals surface area contributed by atoms with E-state index in [1.54, 1.807) is 6.07 Å². The number of hydrogen-bond acceptors (Lipinski definition) is 3. The molecule has 112 valence electrons. The van der Waals surface area contributed by atoms with Gasteiger partial charge < -0.3 is 4.40 Å². The lowest BCUT2D eigenvalue weighted by atomic mass is 10.0. The van der Waals surface area contributed by atoms with Crippen LogP contribution in [0.15, 0.2) is 35.4 Å². The molecular weight excluding hydrogens is 274 g/mol. The van der Waals surface area contributed by atoms with Crippen LogP contribution < -0.4 is 5.56 Å². The first-order valence-corrected chi connectivity index (χ1v) is 8.12. The van der Waals surface area contributed by atoms with Crippen LogP contribution in [0.4, 0.5) is 0 Å². The molecule has 0 spiro atoms. The number of fused-ring (bicyclic) bond motifs is 6. The number of aromatic nitrogens is 3. The summed E-state index contributed by atoms with van der Waals surface area (Å²) in [5.41, 5.74) is 4.21. The second kappa shape index (κ2) is 5.52. The van der Waals surface area contributed by atoms with Crippen LogP contribution in [-0.2, 0) is 12.8 Å². The highest BCUT2D eigenvalue weighted by Crippen LogP contribution is 2.28. The second-order valence-electron chi connectivity index (χ2n) is 6.05. The summed E-state index contributed by atoms with van der Waals surface area (Å²) in [4.78, 5) is 20.6. The summed E-state index contributed by atoms with van der Waals surface area (Å²) >= 11 is 0. The third-order valence-corrected chi connectivity index (χ3v) is 4.62. The van der Waals surface area contributed by atoms with Gasteiger partial charge in [-0.25, -0.2) is 0 Å². The molecule has 0 bridgehead atoms. The molecule has 0 saturated heterocycles. The molecule has 0 aromatic carbocycles. The minimum Gasteiger partial charge on any atom is -0.304 e. The molecule has 0 amide bonds. The molecule has 1 aliphatic rings. The van der Waals surface area contributed by atoms with E-state index in [2.05, 4.69) is 14.4 Å². The van der Waals surface area contributed by atoms with Gasteiger partial charge in [-0.15, -0.1) is 0 Å². The van der Waals surface area contributed by atoms with Crippen LogP contribution in [-0.4, -0.2) is 14.4 Å². The van der Waals surface area contributed by atoms with Gasteiger partial charge in [0.05, 0.1) is 5.52 Å². The van der Waals surface area contributed by atoms with Gasteiger partial charge in [0.2, 0.25) is 0 Å². The molecule has 0 radical (unpaired) electrons. The molecule has 3 aromatic rings. The van der Waals surface area contributed by atoms with Crippen molar-refractivity contribution in [3.8, 4) is 0 Å². The highest BCUT2D eigenvalue weighted by molar-refractivity contribution is 5.93. The smallest absolute Gasteiger partial charge is 0.273 e. The molecule has 1 aliphatic carbocycles. The quantitative estimate of drug-likeness (QED) is 0.598. The van der Waals surface area contributed by atoms with E-state index in [0.717, 1.165) is 29.4 Å². The summed E-state index contributed by atoms with van der Waals surface area (Å²) in [5.74, 6) is 0. The zero-order valence-electron chi connectivity index (χ0n) is 12.6. The largest absolute Gasteiger partial charge is 0.304 e. The number of nitrogens with zero attached hydrogens (tertiary/aromatic N) is 3. The number of aryl methyl sites for hydroxylation is 2. The first-order valence-electron chi connectivity index (χ1n) is 8.12. The highest BCUT2D eigenvalue weighted by atomic mass is 16.1. The average molecular weight is 293 g/mol. The summed E-state index contributed by atoms with van der Waals surface area (Å²) in [5, 5.41) is 0.984. The Balaban J connectivity index is 2.12. The third-order valence-electron chi connectivity index (χ3n) is 4.62. The summed E-state index contributed by atoms with van der Waals surface area (Å²) in [6, 6.07) is 5.50. The van der Waals surface area contributed by atoms with Crippen molar-refractivity contribution in [1.82, 2.24) is 14.4 Å². The van der Waals surface area contributed by atoms with Crippen molar-refractivity contribution < 1.29 is 0 Å². The molecule has 0 N–H and O–H groups in total. The van der Waals surface area contributed by atoms with E-state index < -0.39 is 0 Å². The Bertz CT molecular complexity index is 898. The second-order valence-corrected chi connectivity index (χ2v) is 6.05. The standard InChI is InChI=1S/C18H19N3O/c22-16-10-12-21-15-9-5-3-1-2-4-7-13(15)17-14(18(21)20-16)8-6-11-19-17/h6,8,10-12H,1-5,7,9H2. The van der Waals surface area contributed by atoms with Crippen molar-refractivity contribution in [3.63, 3.8) is 0 Å². The lowest BCUT2D eigenvalue weighted by molar-refractivity contribution is 0.627. The van der Waals surface area contributed by atoms with Gasteiger partial charge in [-0.1, -0.05) is 19.3 Å². The van der Waals surface area contributed by atoms with Gasteiger partial charge in [-0.05, 0) is 43.4 Å². The van der Waals surface area contributed by atoms with E-state index in [9.17, 15) is 4.79 Å². The molecule has 3 heterocycles. The van der Waals surface area contributed by atoms with Gasteiger partial charge in [0.15, 0.2) is 5.65 Å². The minimum atomic E-state index is -0.187. The molecule has 0 aliphatic heterocycles. The molecule has 4 nitrogen and oxygen atoms in total. The van der Waals surface area contributed by atoms with Gasteiger partial charge in [0, 0.05) is 29.5 Å². The van der Waals surface area contributed by atoms with E-state index in [4.69, 9.17) is 0 Å². The number of pyridine rings is 2. The fraction of sp³-hybridized carbons (Fsp3) is 0.389. The van der Waals surface area contributed by atoms with Crippen molar-refractivity contribution in [1.29, 1.82) is 0 Å². The Morgan fingerprint density at radius 1 is 1.00 bits per heavy atom. The van der Waals surface area contributed by atoms with Gasteiger partial charge in [0.1, 0.15) is 0 Å². The van der Waals surface area contributed by atoms with Crippen LogP contribution in [0.3, 0.4) is 0 Å². The zero-order valence-corrected chi connectivity index (χ0v) is 12.6. The molecule has 0 atom stereocenters. The van der Waals surface area contributed by atoms with Crippen LogP contribution in [0.2, 0.25) is 0 Å². The molecule has 0 unspecified atom stereocenters. The molecule has 0 fully saturated rings. The predicted molar refractivity (Wildman–Crippen MR) is 87.3 cm³/mol. The Kier molecular flexibility index (Phi) is 3.37. The SMILES string of the molecule is O=c1ccn2c3c(c4ncccc4c2n1)CCCCCCC3. The lowest BCUT2D eigenvalue weighted by Gasteiger charge is -2.16. The first-order chi connectivity index (χ1) is 10.8. The average Bonchev–Trinajstić information content (AvgIpc) is 2.67. The molecular formula is C18H19N3O. The van der Waals surface area contributed by atoms with E-state index in [0.29, 0.717) is 0 Å². The van der Waals surface area contributed by atoms with Crippen LogP contribution in [0, 0.1) is 0 Å². The number of rotatable bonds is 0. The predicted octanol–water partition coefficient (Wildman–Crippen LogP) is 3.29. The maximum Gasteiger partial charge on any atom is 0.273 e. The number of hydrogen-bond donors (Lipinski definition) is 0. The maximum atomic E-state index is 11.7. The minimum absolute atomic E-state index is 0.187. The monoisotopic (exact) mass is 293 g/mol. The summed E-state index contributed by atoms with van der Waals surface area (Å²) in [7, 11) is 0. The Hall–Kier alpha value is -2.23. The van der Waals surface area contributed by atoms with Crippen LogP contribution in [0.25, 0.3) is 16.6 Å². The molecule has 22 heavy (non-hydrogen) atoms. The zero-order chi connectivity index (χ0) is 14.9. The summed E-state index contributed by atoms with van der Waals surface area (Å²) < 4.78 is 2.12. The van der Waals surface area contributed by atoms with Gasteiger partial charge in [-0.2, -0.15) is 4.98 Å². The van der Waals surface area contributed by atoms with E-state index >= 15 is 0 Å². The normalized spacial score (nSPS) is 16.0. The maximum absolute atomic E-state index is 11.7. The van der Waals surface area contributed by atoms with E-state index in [-0.39, 0.29) is 5.56 Å². The van der Waals surface area contributed by atoms with Crippen molar-refractivity contribution in [2.75, 3.05) is 0 Å². The topological polar surface area (TPSA) is 47.3 Å². The fourth-order valence-corrected chi connectivity index (χ4v) is 3.58. The lowest BCUT2D eigenvalue weighted by Crippen LogP contribution is -2.13. The van der Waals surface area contributed by atoms with Gasteiger partial charge in [-0.3, -0.25) is 9.78 Å². The molecule has 3 aromatic heterocycles. The summed E-state index contributed by atoms with van der Waals surface area (Å²) in [6.45, 7) is 0. The van der Waals surface area contributed by atoms with Crippen LogP contribution in [0.1, 0.15) is 43.4 Å². The van der Waals surface area contributed by atoms with Crippen molar-refractivity contribution in [2.24, 2.45) is 0 Å². The van der Waals surface area contributed by atoms with E-state index in [1.807, 2.05) is 24.5 Å². The van der Waals surface area contributed by atoms with Gasteiger partial charge >= 0.3 is 0 Å². The molecule has 0 saturated carbocycles. The van der Waals surface area contributed by atoms with Gasteiger partial charge in [0.25, 0.3) is 5.56 Å². The third kappa shape index (κ3) is 2.19. The van der Waals surface area contributed by atoms with Crippen molar-refractivity contribution >= 4 is 16.6 Å². The Morgan fingerprint density at radius 2 is 1.82 bits per heavy atom. The fourth-order valence-electron chi connectivity index (χ4n) is 3.58.